The minimum atomic E-state index is -1.54. The van der Waals surface area contributed by atoms with Gasteiger partial charge in [0.15, 0.2) is 6.10 Å². The molecule has 2 aliphatic rings. The fourth-order valence-corrected chi connectivity index (χ4v) is 3.91. The minimum Gasteiger partial charge on any atom is -0.478 e. The molecule has 1 unspecified atom stereocenters. The molecule has 0 saturated carbocycles. The van der Waals surface area contributed by atoms with Crippen LogP contribution < -0.4 is 16.0 Å². The van der Waals surface area contributed by atoms with Crippen LogP contribution in [-0.4, -0.2) is 106 Å². The molecule has 0 aromatic heterocycles. The van der Waals surface area contributed by atoms with Crippen molar-refractivity contribution in [1.82, 2.24) is 16.0 Å². The van der Waals surface area contributed by atoms with Crippen molar-refractivity contribution in [3.63, 3.8) is 0 Å². The van der Waals surface area contributed by atoms with E-state index in [-0.39, 0.29) is 13.0 Å². The third-order valence-electron chi connectivity index (χ3n) is 5.39. The maximum absolute atomic E-state index is 12.5. The normalized spacial score (nSPS) is 27.2. The number of carboxylic acid groups (broad SMARTS) is 1. The lowest BCUT2D eigenvalue weighted by Crippen LogP contribution is -2.62. The zero-order valence-corrected chi connectivity index (χ0v) is 23.4. The number of hydrogen-bond donors (Lipinski definition) is 6. The van der Waals surface area contributed by atoms with Gasteiger partial charge in [-0.1, -0.05) is 0 Å². The third kappa shape index (κ3) is 10.5. The molecular weight excluding hydrogens is 552 g/mol. The van der Waals surface area contributed by atoms with Crippen molar-refractivity contribution in [2.75, 3.05) is 6.61 Å². The molecule has 0 bridgehead atoms. The standard InChI is InChI=1S/C24H36N4O13/c1-10(29)25-16-13(9-15(20(33)34)40-18(16)19-17(32)14(31)7-8-37-19)26-21(28-23(36)41-24(4,5)6)27-22(35)39-12(3)38-11(2)30/h9,12-14,16-19,31-32H,7-8H2,1-6H3,(H,25,29)(H,33,34)(H2,26,27,28,35,36)/t12?,13-,14+,16+,17+,18+,19+/m0/s1. The summed E-state index contributed by atoms with van der Waals surface area (Å²) in [7, 11) is 0. The number of nitrogens with one attached hydrogen (secondary N) is 3. The molecule has 0 spiro atoms. The number of carbonyl (C=O) groups excluding carboxylic acids is 4. The first-order valence-electron chi connectivity index (χ1n) is 12.6. The van der Waals surface area contributed by atoms with E-state index < -0.39 is 90.1 Å². The number of aliphatic hydroxyl groups excluding tert-OH is 2. The first kappa shape index (κ1) is 33.2. The molecule has 17 heteroatoms. The molecule has 3 amide bonds. The Hall–Kier alpha value is -3.96. The lowest BCUT2D eigenvalue weighted by atomic mass is 9.88. The number of esters is 1. The lowest BCUT2D eigenvalue weighted by molar-refractivity contribution is -0.185. The van der Waals surface area contributed by atoms with Crippen molar-refractivity contribution >= 4 is 36.0 Å². The predicted molar refractivity (Wildman–Crippen MR) is 136 cm³/mol. The quantitative estimate of drug-likeness (QED) is 0.0970. The minimum absolute atomic E-state index is 0.00500. The summed E-state index contributed by atoms with van der Waals surface area (Å²) in [6.45, 7) is 8.23. The van der Waals surface area contributed by atoms with Gasteiger partial charge < -0.3 is 44.3 Å². The summed E-state index contributed by atoms with van der Waals surface area (Å²) < 4.78 is 26.0. The predicted octanol–water partition coefficient (Wildman–Crippen LogP) is -0.746. The van der Waals surface area contributed by atoms with Crippen molar-refractivity contribution in [3.8, 4) is 0 Å². The van der Waals surface area contributed by atoms with Crippen LogP contribution in [-0.2, 0) is 38.1 Å². The summed E-state index contributed by atoms with van der Waals surface area (Å²) in [6, 6.07) is -2.61. The van der Waals surface area contributed by atoms with Crippen molar-refractivity contribution in [2.45, 2.75) is 96.4 Å². The van der Waals surface area contributed by atoms with E-state index in [1.807, 2.05) is 0 Å². The summed E-state index contributed by atoms with van der Waals surface area (Å²) in [4.78, 5) is 64.4. The fourth-order valence-electron chi connectivity index (χ4n) is 3.91. The Morgan fingerprint density at radius 3 is 2.24 bits per heavy atom. The number of rotatable bonds is 6. The maximum Gasteiger partial charge on any atom is 0.417 e. The molecule has 1 saturated heterocycles. The van der Waals surface area contributed by atoms with Crippen LogP contribution >= 0.6 is 0 Å². The summed E-state index contributed by atoms with van der Waals surface area (Å²) >= 11 is 0. The van der Waals surface area contributed by atoms with Crippen molar-refractivity contribution < 1.29 is 63.0 Å². The molecule has 0 aliphatic carbocycles. The third-order valence-corrected chi connectivity index (χ3v) is 5.39. The van der Waals surface area contributed by atoms with Gasteiger partial charge in [-0.2, -0.15) is 0 Å². The number of guanidine groups is 1. The molecule has 2 aliphatic heterocycles. The van der Waals surface area contributed by atoms with Crippen LogP contribution in [0.1, 0.15) is 48.0 Å². The Morgan fingerprint density at radius 1 is 1.05 bits per heavy atom. The number of carboxylic acids is 1. The molecule has 0 aromatic rings. The second kappa shape index (κ2) is 14.1. The topological polar surface area (TPSA) is 241 Å². The fraction of sp³-hybridized carbons (Fsp3) is 0.667. The first-order chi connectivity index (χ1) is 19.0. The van der Waals surface area contributed by atoms with Gasteiger partial charge in [-0.15, -0.1) is 0 Å². The van der Waals surface area contributed by atoms with E-state index in [9.17, 15) is 39.3 Å². The second-order valence-corrected chi connectivity index (χ2v) is 10.1. The number of ether oxygens (including phenoxy) is 5. The summed E-state index contributed by atoms with van der Waals surface area (Å²) in [5.41, 5.74) is -0.965. The second-order valence-electron chi connectivity index (χ2n) is 10.1. The van der Waals surface area contributed by atoms with E-state index in [1.165, 1.54) is 6.92 Å². The van der Waals surface area contributed by atoms with Gasteiger partial charge in [0.2, 0.25) is 23.9 Å². The van der Waals surface area contributed by atoms with Crippen LogP contribution in [0.25, 0.3) is 0 Å². The summed E-state index contributed by atoms with van der Waals surface area (Å²) in [5, 5.41) is 37.3. The average molecular weight is 589 g/mol. The van der Waals surface area contributed by atoms with Gasteiger partial charge in [-0.3, -0.25) is 20.2 Å². The van der Waals surface area contributed by atoms with Crippen LogP contribution in [0.2, 0.25) is 0 Å². The molecule has 2 heterocycles. The van der Waals surface area contributed by atoms with E-state index in [1.54, 1.807) is 20.8 Å². The Balaban J connectivity index is 2.52. The highest BCUT2D eigenvalue weighted by molar-refractivity contribution is 6.01. The van der Waals surface area contributed by atoms with Crippen LogP contribution in [0, 0.1) is 0 Å². The SMILES string of the molecule is CC(=O)N[C@H]1[C@H]([C@@H]2OCC[C@@H](O)[C@H]2O)OC(C(=O)O)=C[C@@H]1N=C(NC(=O)OC(C)OC(C)=O)NC(=O)OC(C)(C)C. The Kier molecular flexibility index (Phi) is 11.4. The van der Waals surface area contributed by atoms with Crippen molar-refractivity contribution in [3.05, 3.63) is 11.8 Å². The van der Waals surface area contributed by atoms with Crippen LogP contribution in [0.4, 0.5) is 9.59 Å². The van der Waals surface area contributed by atoms with E-state index in [4.69, 9.17) is 23.7 Å². The largest absolute Gasteiger partial charge is 0.478 e. The van der Waals surface area contributed by atoms with Crippen LogP contribution in [0.5, 0.6) is 0 Å². The highest BCUT2D eigenvalue weighted by atomic mass is 16.7. The Labute approximate surface area is 235 Å². The Morgan fingerprint density at radius 2 is 1.68 bits per heavy atom. The van der Waals surface area contributed by atoms with E-state index in [0.717, 1.165) is 19.9 Å². The molecule has 17 nitrogen and oxygen atoms in total. The highest BCUT2D eigenvalue weighted by Crippen LogP contribution is 2.29. The van der Waals surface area contributed by atoms with Gasteiger partial charge in [-0.05, 0) is 33.3 Å². The number of aliphatic imine (C=N–C) groups is 1. The number of aliphatic hydroxyl groups is 2. The molecule has 1 fully saturated rings. The van der Waals surface area contributed by atoms with Gasteiger partial charge in [0.05, 0.1) is 18.2 Å². The molecule has 0 aromatic carbocycles. The summed E-state index contributed by atoms with van der Waals surface area (Å²) in [6.07, 6.45) is -7.98. The van der Waals surface area contributed by atoms with Gasteiger partial charge in [-0.25, -0.2) is 19.4 Å². The molecule has 41 heavy (non-hydrogen) atoms. The van der Waals surface area contributed by atoms with Crippen LogP contribution in [0.3, 0.4) is 0 Å². The number of alkyl carbamates (subject to hydrolysis) is 2. The monoisotopic (exact) mass is 588 g/mol. The van der Waals surface area contributed by atoms with E-state index in [2.05, 4.69) is 20.9 Å². The lowest BCUT2D eigenvalue weighted by Gasteiger charge is -2.43. The highest BCUT2D eigenvalue weighted by Gasteiger charge is 2.48. The number of hydrogen-bond acceptors (Lipinski definition) is 13. The van der Waals surface area contributed by atoms with Gasteiger partial charge in [0, 0.05) is 27.4 Å². The van der Waals surface area contributed by atoms with E-state index in [0.29, 0.717) is 0 Å². The smallest absolute Gasteiger partial charge is 0.417 e. The number of aliphatic carboxylic acids is 1. The molecule has 2 rings (SSSR count). The van der Waals surface area contributed by atoms with Crippen LogP contribution in [0.15, 0.2) is 16.8 Å². The van der Waals surface area contributed by atoms with Gasteiger partial charge in [0.1, 0.15) is 17.8 Å². The van der Waals surface area contributed by atoms with Gasteiger partial charge in [0.25, 0.3) is 0 Å². The van der Waals surface area contributed by atoms with Gasteiger partial charge >= 0.3 is 24.1 Å². The van der Waals surface area contributed by atoms with Crippen molar-refractivity contribution in [1.29, 1.82) is 0 Å². The van der Waals surface area contributed by atoms with Crippen molar-refractivity contribution in [2.24, 2.45) is 4.99 Å². The maximum atomic E-state index is 12.5. The molecular formula is C24H36N4O13. The summed E-state index contributed by atoms with van der Waals surface area (Å²) in [5.74, 6) is -4.13. The molecule has 0 radical (unpaired) electrons. The number of nitrogens with zero attached hydrogens (tertiary/aromatic N) is 1. The number of amides is 3. The van der Waals surface area contributed by atoms with E-state index >= 15 is 0 Å². The Bertz CT molecular complexity index is 1070. The zero-order valence-electron chi connectivity index (χ0n) is 23.4. The molecule has 7 atom stereocenters. The average Bonchev–Trinajstić information content (AvgIpc) is 2.79. The molecule has 230 valence electrons. The zero-order chi connectivity index (χ0) is 31.1. The molecule has 6 N–H and O–H groups in total. The first-order valence-corrected chi connectivity index (χ1v) is 12.6. The number of carbonyl (C=O) groups is 5.